The van der Waals surface area contributed by atoms with Crippen LogP contribution in [0.3, 0.4) is 0 Å². The van der Waals surface area contributed by atoms with Gasteiger partial charge in [-0.15, -0.1) is 9.05 Å². The molecule has 0 aliphatic carbocycles. The van der Waals surface area contributed by atoms with Gasteiger partial charge in [-0.05, 0) is 18.6 Å². The van der Waals surface area contributed by atoms with E-state index >= 15 is 0 Å². The quantitative estimate of drug-likeness (QED) is 0.254. The van der Waals surface area contributed by atoms with Crippen molar-refractivity contribution in [2.75, 3.05) is 13.2 Å². The van der Waals surface area contributed by atoms with Gasteiger partial charge < -0.3 is 9.84 Å². The van der Waals surface area contributed by atoms with Gasteiger partial charge in [-0.1, -0.05) is 66.6 Å². The fourth-order valence-corrected chi connectivity index (χ4v) is 6.53. The number of halogens is 1. The summed E-state index contributed by atoms with van der Waals surface area (Å²) in [5.41, 5.74) is -0.659. The molecule has 8 nitrogen and oxygen atoms in total. The third-order valence-electron chi connectivity index (χ3n) is 5.49. The van der Waals surface area contributed by atoms with Crippen molar-refractivity contribution in [3.8, 4) is 0 Å². The maximum absolute atomic E-state index is 14.9. The molecule has 6 atom stereocenters. The molecule has 0 aromatic heterocycles. The van der Waals surface area contributed by atoms with Crippen LogP contribution in [0.5, 0.6) is 0 Å². The largest absolute Gasteiger partial charge is 0.697 e. The lowest BCUT2D eigenvalue weighted by atomic mass is 9.82. The van der Waals surface area contributed by atoms with Crippen LogP contribution < -0.4 is 5.32 Å². The van der Waals surface area contributed by atoms with E-state index < -0.39 is 56.6 Å². The van der Waals surface area contributed by atoms with Gasteiger partial charge >= 0.3 is 8.25 Å². The molecule has 3 unspecified atom stereocenters. The second kappa shape index (κ2) is 11.8. The van der Waals surface area contributed by atoms with Crippen molar-refractivity contribution in [3.05, 3.63) is 42.0 Å². The normalized spacial score (nSPS) is 29.4. The first-order valence-corrected chi connectivity index (χ1v) is 14.3. The van der Waals surface area contributed by atoms with E-state index in [-0.39, 0.29) is 11.4 Å². The number of alkyl halides is 1. The van der Waals surface area contributed by atoms with E-state index in [0.717, 1.165) is 16.5 Å². The number of ether oxygens (including phenoxy) is 1. The van der Waals surface area contributed by atoms with Crippen LogP contribution in [-0.2, 0) is 34.4 Å². The third-order valence-corrected chi connectivity index (χ3v) is 9.69. The van der Waals surface area contributed by atoms with E-state index in [9.17, 15) is 23.7 Å². The smallest absolute Gasteiger partial charge is 0.387 e. The number of amides is 2. The molecule has 2 N–H and O–H groups in total. The minimum Gasteiger partial charge on any atom is -0.387 e. The zero-order valence-corrected chi connectivity index (χ0v) is 22.5. The average Bonchev–Trinajstić information content (AvgIpc) is 3.00. The lowest BCUT2D eigenvalue weighted by molar-refractivity contribution is -0.143. The second-order valence-electron chi connectivity index (χ2n) is 9.41. The standard InChI is InChI=1S/C23H29FNO7PS2/c1-22(2,3)35-34-17-8-6-5-7-14(17)11-12-30-33(29)31-13-16-19(27)20(24)23(4,32-16)15-9-10-18(26)25-21(15)28/h5-10,15-16,19-20,27H,11-13H2,1-4H3/p+1/t15?,16-,19-,20-,23?/m1/s1. The van der Waals surface area contributed by atoms with E-state index in [1.165, 1.54) is 13.0 Å². The lowest BCUT2D eigenvalue weighted by Crippen LogP contribution is -2.52. The van der Waals surface area contributed by atoms with Crippen LogP contribution in [0.15, 0.2) is 41.3 Å². The predicted octanol–water partition coefficient (Wildman–Crippen LogP) is 4.14. The third kappa shape index (κ3) is 7.35. The van der Waals surface area contributed by atoms with Crippen molar-refractivity contribution in [2.24, 2.45) is 5.92 Å². The molecule has 1 fully saturated rings. The summed E-state index contributed by atoms with van der Waals surface area (Å²) >= 11 is 0. The topological polar surface area (TPSA) is 111 Å². The van der Waals surface area contributed by atoms with Crippen LogP contribution in [0.4, 0.5) is 4.39 Å². The van der Waals surface area contributed by atoms with E-state index in [0.29, 0.717) is 6.42 Å². The molecule has 1 aromatic carbocycles. The molecule has 2 aliphatic rings. The van der Waals surface area contributed by atoms with Crippen LogP contribution in [0, 0.1) is 5.92 Å². The molecule has 0 saturated carbocycles. The first kappa shape index (κ1) is 28.2. The van der Waals surface area contributed by atoms with Gasteiger partial charge in [0.05, 0.1) is 5.92 Å². The Kier molecular flexibility index (Phi) is 9.53. The Balaban J connectivity index is 1.49. The SMILES string of the molecule is CC(C)(C)SSc1ccccc1CCO[P+](=O)OC[C@H]1OC(C)(C2C=CC(=O)NC2=O)[C@H](F)[C@@H]1O. The number of carbonyl (C=O) groups is 2. The van der Waals surface area contributed by atoms with Crippen LogP contribution in [0.25, 0.3) is 0 Å². The molecule has 2 amide bonds. The van der Waals surface area contributed by atoms with Crippen molar-refractivity contribution in [1.29, 1.82) is 0 Å². The van der Waals surface area contributed by atoms with Crippen molar-refractivity contribution in [2.45, 2.75) is 67.7 Å². The molecule has 1 saturated heterocycles. The fourth-order valence-electron chi connectivity index (χ4n) is 3.69. The minimum atomic E-state index is -2.54. The van der Waals surface area contributed by atoms with Crippen molar-refractivity contribution in [1.82, 2.24) is 5.32 Å². The van der Waals surface area contributed by atoms with Crippen molar-refractivity contribution in [3.63, 3.8) is 0 Å². The van der Waals surface area contributed by atoms with Crippen molar-refractivity contribution < 1.29 is 37.4 Å². The predicted molar refractivity (Wildman–Crippen MR) is 133 cm³/mol. The number of aliphatic hydroxyl groups is 1. The molecule has 1 aromatic rings. The van der Waals surface area contributed by atoms with Crippen molar-refractivity contribution >= 4 is 41.7 Å². The van der Waals surface area contributed by atoms with Gasteiger partial charge in [-0.2, -0.15) is 0 Å². The molecular formula is C23H30FNO7PS2+. The summed E-state index contributed by atoms with van der Waals surface area (Å²) in [5, 5.41) is 12.4. The molecule has 2 heterocycles. The Morgan fingerprint density at radius 3 is 2.66 bits per heavy atom. The summed E-state index contributed by atoms with van der Waals surface area (Å²) < 4.78 is 43.4. The van der Waals surface area contributed by atoms with E-state index in [2.05, 4.69) is 26.1 Å². The monoisotopic (exact) mass is 546 g/mol. The van der Waals surface area contributed by atoms with Gasteiger partial charge in [-0.25, -0.2) is 4.39 Å². The maximum Gasteiger partial charge on any atom is 0.697 e. The lowest BCUT2D eigenvalue weighted by Gasteiger charge is -2.33. The maximum atomic E-state index is 14.9. The highest BCUT2D eigenvalue weighted by atomic mass is 33.1. The van der Waals surface area contributed by atoms with E-state index in [1.807, 2.05) is 24.3 Å². The Bertz CT molecular complexity index is 989. The summed E-state index contributed by atoms with van der Waals surface area (Å²) in [4.78, 5) is 24.6. The van der Waals surface area contributed by atoms with Gasteiger partial charge in [-0.3, -0.25) is 14.9 Å². The highest BCUT2D eigenvalue weighted by Gasteiger charge is 2.58. The first-order valence-electron chi connectivity index (χ1n) is 11.1. The number of hydrogen-bond acceptors (Lipinski definition) is 9. The Labute approximate surface area is 213 Å². The van der Waals surface area contributed by atoms with Crippen LogP contribution in [0.1, 0.15) is 33.3 Å². The molecule has 12 heteroatoms. The number of aliphatic hydroxyl groups excluding tert-OH is 1. The summed E-state index contributed by atoms with van der Waals surface area (Å²) in [6, 6.07) is 7.90. The number of hydrogen-bond donors (Lipinski definition) is 2. The Hall–Kier alpha value is -1.33. The summed E-state index contributed by atoms with van der Waals surface area (Å²) in [7, 11) is 0.894. The zero-order chi connectivity index (χ0) is 25.8. The average molecular weight is 547 g/mol. The van der Waals surface area contributed by atoms with E-state index in [4.69, 9.17) is 13.8 Å². The second-order valence-corrected chi connectivity index (χ2v) is 13.4. The molecule has 3 rings (SSSR count). The van der Waals surface area contributed by atoms with Gasteiger partial charge in [0.25, 0.3) is 0 Å². The Morgan fingerprint density at radius 2 is 1.97 bits per heavy atom. The van der Waals surface area contributed by atoms with E-state index in [1.54, 1.807) is 21.6 Å². The molecule has 0 bridgehead atoms. The van der Waals surface area contributed by atoms with Crippen LogP contribution >= 0.6 is 29.8 Å². The highest BCUT2D eigenvalue weighted by molar-refractivity contribution is 8.77. The highest BCUT2D eigenvalue weighted by Crippen LogP contribution is 2.43. The first-order chi connectivity index (χ1) is 16.4. The van der Waals surface area contributed by atoms with Gasteiger partial charge in [0.1, 0.15) is 31.0 Å². The summed E-state index contributed by atoms with van der Waals surface area (Å²) in [6.45, 7) is 7.51. The number of nitrogens with one attached hydrogen (secondary N) is 1. The number of imide groups is 1. The van der Waals surface area contributed by atoms with Crippen LogP contribution in [-0.4, -0.2) is 58.9 Å². The van der Waals surface area contributed by atoms with Gasteiger partial charge in [0.2, 0.25) is 11.8 Å². The van der Waals surface area contributed by atoms with Crippen LogP contribution in [0.2, 0.25) is 0 Å². The molecule has 0 spiro atoms. The molecule has 0 radical (unpaired) electrons. The van der Waals surface area contributed by atoms with Gasteiger partial charge in [0, 0.05) is 26.7 Å². The molecule has 35 heavy (non-hydrogen) atoms. The summed E-state index contributed by atoms with van der Waals surface area (Å²) in [5.74, 6) is -2.44. The molecule has 192 valence electrons. The molecular weight excluding hydrogens is 516 g/mol. The van der Waals surface area contributed by atoms with Gasteiger partial charge in [0.15, 0.2) is 6.17 Å². The zero-order valence-electron chi connectivity index (χ0n) is 19.9. The summed E-state index contributed by atoms with van der Waals surface area (Å²) in [6.07, 6.45) is -1.80. The molecule has 2 aliphatic heterocycles. The fraction of sp³-hybridized carbons (Fsp3) is 0.565. The number of rotatable bonds is 10. The number of carbonyl (C=O) groups excluding carboxylic acids is 2. The Morgan fingerprint density at radius 1 is 1.26 bits per heavy atom. The minimum absolute atomic E-state index is 0.0987. The number of benzene rings is 1.